The quantitative estimate of drug-likeness (QED) is 0.494. The van der Waals surface area contributed by atoms with Gasteiger partial charge in [0, 0.05) is 11.6 Å². The second-order valence-electron chi connectivity index (χ2n) is 4.15. The molecule has 4 nitrogen and oxygen atoms in total. The van der Waals surface area contributed by atoms with Crippen LogP contribution in [0.2, 0.25) is 5.02 Å². The van der Waals surface area contributed by atoms with Crippen molar-refractivity contribution >= 4 is 34.3 Å². The molecule has 0 N–H and O–H groups in total. The Kier molecular flexibility index (Phi) is 4.48. The molecule has 1 aromatic carbocycles. The fourth-order valence-corrected chi connectivity index (χ4v) is 2.71. The van der Waals surface area contributed by atoms with Crippen molar-refractivity contribution in [2.75, 3.05) is 0 Å². The van der Waals surface area contributed by atoms with E-state index in [2.05, 4.69) is 17.6 Å². The highest BCUT2D eigenvalue weighted by Crippen LogP contribution is 2.23. The molecule has 1 unspecified atom stereocenters. The topological polar surface area (TPSA) is 58.7 Å². The second-order valence-corrected chi connectivity index (χ2v) is 5.89. The van der Waals surface area contributed by atoms with E-state index in [4.69, 9.17) is 16.9 Å². The molecular formula is C14H12ClN3OS. The van der Waals surface area contributed by atoms with Crippen LogP contribution in [0.3, 0.4) is 0 Å². The molecule has 0 radical (unpaired) electrons. The first-order chi connectivity index (χ1) is 9.56. The summed E-state index contributed by atoms with van der Waals surface area (Å²) >= 11 is 7.18. The summed E-state index contributed by atoms with van der Waals surface area (Å²) in [6, 6.07) is 7.12. The highest BCUT2D eigenvalue weighted by molar-refractivity contribution is 8.00. The Labute approximate surface area is 125 Å². The number of thioether (sulfide) groups is 1. The predicted octanol–water partition coefficient (Wildman–Crippen LogP) is 3.24. The highest BCUT2D eigenvalue weighted by Gasteiger charge is 2.13. The molecule has 0 aliphatic heterocycles. The van der Waals surface area contributed by atoms with Crippen LogP contribution in [0.1, 0.15) is 6.92 Å². The number of halogens is 1. The summed E-state index contributed by atoms with van der Waals surface area (Å²) in [6.45, 7) is 5.75. The van der Waals surface area contributed by atoms with Gasteiger partial charge in [0.05, 0.1) is 22.2 Å². The van der Waals surface area contributed by atoms with Crippen LogP contribution in [0.5, 0.6) is 0 Å². The number of nitriles is 1. The van der Waals surface area contributed by atoms with Gasteiger partial charge in [-0.1, -0.05) is 29.4 Å². The normalized spacial score (nSPS) is 12.1. The molecular weight excluding hydrogens is 294 g/mol. The third-order valence-electron chi connectivity index (χ3n) is 2.66. The standard InChI is InChI=1S/C14H12ClN3OS/c1-3-6-18-13(19)11-7-10(15)4-5-12(11)17-14(18)20-9(2)8-16/h3-5,7,9H,1,6H2,2H3. The van der Waals surface area contributed by atoms with E-state index in [0.717, 1.165) is 0 Å². The van der Waals surface area contributed by atoms with Gasteiger partial charge in [-0.3, -0.25) is 9.36 Å². The van der Waals surface area contributed by atoms with E-state index in [1.54, 1.807) is 31.2 Å². The monoisotopic (exact) mass is 305 g/mol. The molecule has 0 fully saturated rings. The molecule has 2 aromatic rings. The summed E-state index contributed by atoms with van der Waals surface area (Å²) < 4.78 is 1.50. The van der Waals surface area contributed by atoms with Crippen molar-refractivity contribution in [2.45, 2.75) is 23.9 Å². The van der Waals surface area contributed by atoms with Gasteiger partial charge in [-0.2, -0.15) is 5.26 Å². The van der Waals surface area contributed by atoms with Crippen LogP contribution in [-0.4, -0.2) is 14.8 Å². The molecule has 0 saturated carbocycles. The zero-order chi connectivity index (χ0) is 14.7. The van der Waals surface area contributed by atoms with Gasteiger partial charge < -0.3 is 0 Å². The van der Waals surface area contributed by atoms with Crippen LogP contribution in [0.4, 0.5) is 0 Å². The Bertz CT molecular complexity index is 763. The van der Waals surface area contributed by atoms with Crippen LogP contribution < -0.4 is 5.56 Å². The Morgan fingerprint density at radius 1 is 1.65 bits per heavy atom. The van der Waals surface area contributed by atoms with E-state index in [-0.39, 0.29) is 10.8 Å². The summed E-state index contributed by atoms with van der Waals surface area (Å²) in [6.07, 6.45) is 1.63. The Hall–Kier alpha value is -1.77. The molecule has 0 aliphatic rings. The van der Waals surface area contributed by atoms with Gasteiger partial charge in [0.25, 0.3) is 5.56 Å². The van der Waals surface area contributed by atoms with E-state index in [0.29, 0.717) is 27.6 Å². The maximum Gasteiger partial charge on any atom is 0.262 e. The zero-order valence-corrected chi connectivity index (χ0v) is 12.4. The maximum atomic E-state index is 12.5. The van der Waals surface area contributed by atoms with Gasteiger partial charge in [0.1, 0.15) is 0 Å². The first-order valence-corrected chi connectivity index (χ1v) is 7.20. The first kappa shape index (κ1) is 14.6. The number of benzene rings is 1. The first-order valence-electron chi connectivity index (χ1n) is 5.94. The SMILES string of the molecule is C=CCn1c(SC(C)C#N)nc2ccc(Cl)cc2c1=O. The minimum atomic E-state index is -0.289. The lowest BCUT2D eigenvalue weighted by Crippen LogP contribution is -2.23. The van der Waals surface area contributed by atoms with E-state index in [1.165, 1.54) is 16.3 Å². The molecule has 0 bridgehead atoms. The number of rotatable bonds is 4. The number of hydrogen-bond acceptors (Lipinski definition) is 4. The van der Waals surface area contributed by atoms with Gasteiger partial charge >= 0.3 is 0 Å². The Morgan fingerprint density at radius 2 is 2.40 bits per heavy atom. The summed E-state index contributed by atoms with van der Waals surface area (Å²) in [5, 5.41) is 10.1. The fourth-order valence-electron chi connectivity index (χ4n) is 1.74. The smallest absolute Gasteiger partial charge is 0.262 e. The molecule has 0 aliphatic carbocycles. The Balaban J connectivity index is 2.70. The second kappa shape index (κ2) is 6.12. The molecule has 2 rings (SSSR count). The Morgan fingerprint density at radius 3 is 3.05 bits per heavy atom. The highest BCUT2D eigenvalue weighted by atomic mass is 35.5. The predicted molar refractivity (Wildman–Crippen MR) is 82.1 cm³/mol. The van der Waals surface area contributed by atoms with Crippen molar-refractivity contribution in [1.29, 1.82) is 5.26 Å². The molecule has 20 heavy (non-hydrogen) atoms. The summed E-state index contributed by atoms with van der Waals surface area (Å²) in [4.78, 5) is 16.9. The van der Waals surface area contributed by atoms with Gasteiger partial charge in [-0.15, -0.1) is 6.58 Å². The van der Waals surface area contributed by atoms with Crippen molar-refractivity contribution in [3.05, 3.63) is 46.2 Å². The lowest BCUT2D eigenvalue weighted by molar-refractivity contribution is 0.671. The number of allylic oxidation sites excluding steroid dienone is 1. The number of hydrogen-bond donors (Lipinski definition) is 0. The maximum absolute atomic E-state index is 12.5. The average molecular weight is 306 g/mol. The minimum absolute atomic E-state index is 0.176. The van der Waals surface area contributed by atoms with Gasteiger partial charge in [-0.05, 0) is 25.1 Å². The lowest BCUT2D eigenvalue weighted by atomic mass is 10.2. The van der Waals surface area contributed by atoms with E-state index < -0.39 is 0 Å². The van der Waals surface area contributed by atoms with Crippen molar-refractivity contribution in [3.63, 3.8) is 0 Å². The van der Waals surface area contributed by atoms with E-state index in [1.807, 2.05) is 0 Å². The number of fused-ring (bicyclic) bond motifs is 1. The van der Waals surface area contributed by atoms with Crippen molar-refractivity contribution in [1.82, 2.24) is 9.55 Å². The summed E-state index contributed by atoms with van der Waals surface area (Å²) in [7, 11) is 0. The van der Waals surface area contributed by atoms with Crippen molar-refractivity contribution in [2.24, 2.45) is 0 Å². The zero-order valence-electron chi connectivity index (χ0n) is 10.8. The summed E-state index contributed by atoms with van der Waals surface area (Å²) in [5.41, 5.74) is 0.400. The van der Waals surface area contributed by atoms with Gasteiger partial charge in [0.15, 0.2) is 5.16 Å². The van der Waals surface area contributed by atoms with E-state index in [9.17, 15) is 4.79 Å². The minimum Gasteiger partial charge on any atom is -0.283 e. The molecule has 0 amide bonds. The molecule has 0 saturated heterocycles. The average Bonchev–Trinajstić information content (AvgIpc) is 2.44. The number of aromatic nitrogens is 2. The van der Waals surface area contributed by atoms with Gasteiger partial charge in [-0.25, -0.2) is 4.98 Å². The van der Waals surface area contributed by atoms with Crippen LogP contribution in [0.25, 0.3) is 10.9 Å². The van der Waals surface area contributed by atoms with Crippen LogP contribution in [0.15, 0.2) is 40.8 Å². The molecule has 1 heterocycles. The largest absolute Gasteiger partial charge is 0.283 e. The lowest BCUT2D eigenvalue weighted by Gasteiger charge is -2.12. The molecule has 1 atom stereocenters. The molecule has 0 spiro atoms. The van der Waals surface area contributed by atoms with E-state index >= 15 is 0 Å². The fraction of sp³-hybridized carbons (Fsp3) is 0.214. The molecule has 1 aromatic heterocycles. The third kappa shape index (κ3) is 2.87. The number of nitrogens with zero attached hydrogens (tertiary/aromatic N) is 3. The molecule has 6 heteroatoms. The van der Waals surface area contributed by atoms with Crippen LogP contribution >= 0.6 is 23.4 Å². The molecule has 102 valence electrons. The summed E-state index contributed by atoms with van der Waals surface area (Å²) in [5.74, 6) is 0. The van der Waals surface area contributed by atoms with Crippen LogP contribution in [0, 0.1) is 11.3 Å². The van der Waals surface area contributed by atoms with Crippen molar-refractivity contribution < 1.29 is 0 Å². The van der Waals surface area contributed by atoms with Crippen LogP contribution in [-0.2, 0) is 6.54 Å². The third-order valence-corrected chi connectivity index (χ3v) is 3.87. The van der Waals surface area contributed by atoms with Gasteiger partial charge in [0.2, 0.25) is 0 Å². The van der Waals surface area contributed by atoms with Crippen molar-refractivity contribution in [3.8, 4) is 6.07 Å².